The van der Waals surface area contributed by atoms with E-state index in [1.165, 1.54) is 6.07 Å². The van der Waals surface area contributed by atoms with Crippen molar-refractivity contribution in [3.63, 3.8) is 0 Å². The molecule has 9 heteroatoms. The number of benzene rings is 1. The predicted molar refractivity (Wildman–Crippen MR) is 135 cm³/mol. The topological polar surface area (TPSA) is 76.6 Å². The van der Waals surface area contributed by atoms with Gasteiger partial charge in [-0.3, -0.25) is 4.68 Å². The first-order valence-corrected chi connectivity index (χ1v) is 12.0. The van der Waals surface area contributed by atoms with E-state index in [2.05, 4.69) is 15.5 Å². The fourth-order valence-electron chi connectivity index (χ4n) is 4.30. The van der Waals surface area contributed by atoms with E-state index in [1.807, 2.05) is 47.9 Å². The lowest BCUT2D eigenvalue weighted by Gasteiger charge is -2.25. The Morgan fingerprint density at radius 1 is 1.19 bits per heavy atom. The van der Waals surface area contributed by atoms with Crippen molar-refractivity contribution in [1.29, 1.82) is 0 Å². The van der Waals surface area contributed by atoms with Gasteiger partial charge < -0.3 is 15.2 Å². The summed E-state index contributed by atoms with van der Waals surface area (Å²) in [7, 11) is 3.67. The molecule has 2 N–H and O–H groups in total. The second-order valence-corrected chi connectivity index (χ2v) is 10.1. The Morgan fingerprint density at radius 2 is 1.94 bits per heavy atom. The number of fused-ring (bicyclic) bond motifs is 1. The van der Waals surface area contributed by atoms with E-state index in [-0.39, 0.29) is 12.4 Å². The minimum Gasteiger partial charge on any atom is -0.489 e. The van der Waals surface area contributed by atoms with Crippen LogP contribution in [0.4, 0.5) is 8.78 Å². The summed E-state index contributed by atoms with van der Waals surface area (Å²) in [6, 6.07) is 6.32. The summed E-state index contributed by atoms with van der Waals surface area (Å²) >= 11 is 0. The maximum Gasteiger partial charge on any atom is 0.201 e. The van der Waals surface area contributed by atoms with Crippen molar-refractivity contribution >= 4 is 5.52 Å². The fraction of sp³-hybridized carbons (Fsp3) is 0.407. The summed E-state index contributed by atoms with van der Waals surface area (Å²) in [5, 5.41) is 22.8. The predicted octanol–water partition coefficient (Wildman–Crippen LogP) is 4.74. The first kappa shape index (κ1) is 25.8. The van der Waals surface area contributed by atoms with Gasteiger partial charge in [-0.2, -0.15) is 14.6 Å². The second kappa shape index (κ2) is 9.99. The summed E-state index contributed by atoms with van der Waals surface area (Å²) in [6.07, 6.45) is 3.17. The van der Waals surface area contributed by atoms with Crippen molar-refractivity contribution in [2.24, 2.45) is 12.5 Å². The molecule has 7 nitrogen and oxygen atoms in total. The highest BCUT2D eigenvalue weighted by Gasteiger charge is 2.30. The zero-order valence-corrected chi connectivity index (χ0v) is 21.6. The average Bonchev–Trinajstić information content (AvgIpc) is 3.36. The smallest absolute Gasteiger partial charge is 0.201 e. The molecule has 0 fully saturated rings. The second-order valence-electron chi connectivity index (χ2n) is 10.1. The van der Waals surface area contributed by atoms with Crippen LogP contribution in [0.5, 0.6) is 5.75 Å². The molecule has 0 saturated heterocycles. The summed E-state index contributed by atoms with van der Waals surface area (Å²) in [5.41, 5.74) is 4.90. The third-order valence-electron chi connectivity index (χ3n) is 6.50. The van der Waals surface area contributed by atoms with Crippen LogP contribution in [0.25, 0.3) is 16.6 Å². The number of aromatic nitrogens is 4. The van der Waals surface area contributed by atoms with Crippen LogP contribution in [0.1, 0.15) is 49.4 Å². The van der Waals surface area contributed by atoms with Gasteiger partial charge in [-0.25, -0.2) is 8.91 Å². The van der Waals surface area contributed by atoms with E-state index in [4.69, 9.17) is 4.74 Å². The molecule has 0 radical (unpaired) electrons. The molecule has 1 aromatic carbocycles. The van der Waals surface area contributed by atoms with Gasteiger partial charge in [0.15, 0.2) is 11.6 Å². The van der Waals surface area contributed by atoms with E-state index >= 15 is 0 Å². The van der Waals surface area contributed by atoms with Crippen LogP contribution in [0, 0.1) is 24.0 Å². The Hall–Kier alpha value is -3.30. The van der Waals surface area contributed by atoms with Crippen molar-refractivity contribution in [2.75, 3.05) is 13.7 Å². The number of pyridine rings is 1. The van der Waals surface area contributed by atoms with Crippen LogP contribution >= 0.6 is 0 Å². The summed E-state index contributed by atoms with van der Waals surface area (Å²) in [4.78, 5) is 0. The molecule has 4 rings (SSSR count). The number of rotatable bonds is 8. The van der Waals surface area contributed by atoms with Gasteiger partial charge in [-0.1, -0.05) is 20.8 Å². The largest absolute Gasteiger partial charge is 0.489 e. The van der Waals surface area contributed by atoms with Gasteiger partial charge in [0.25, 0.3) is 0 Å². The minimum atomic E-state index is -1.03. The minimum absolute atomic E-state index is 0.0870. The van der Waals surface area contributed by atoms with Crippen molar-refractivity contribution < 1.29 is 18.6 Å². The zero-order chi connectivity index (χ0) is 26.2. The number of aliphatic hydroxyl groups is 1. The van der Waals surface area contributed by atoms with Crippen LogP contribution < -0.4 is 10.1 Å². The molecule has 0 spiro atoms. The number of hydrogen-bond donors (Lipinski definition) is 2. The molecule has 0 aliphatic carbocycles. The van der Waals surface area contributed by atoms with Crippen LogP contribution in [-0.4, -0.2) is 38.2 Å². The van der Waals surface area contributed by atoms with Crippen molar-refractivity contribution in [3.8, 4) is 16.9 Å². The van der Waals surface area contributed by atoms with E-state index < -0.39 is 23.2 Å². The number of ether oxygens (including phenoxy) is 1. The molecule has 4 aromatic rings. The van der Waals surface area contributed by atoms with Gasteiger partial charge in [-0.15, -0.1) is 0 Å². The molecular weight excluding hydrogens is 464 g/mol. The standard InChI is InChI=1S/C27H33F2N5O2/c1-16-19(24(32-33(16)6)26(35)27(2,3)4)10-12-36-25-20(7-8-21(28)23(25)29)17-9-11-34-22(13-17)18(14-30-5)15-31-34/h7-9,11,13,15,26,30,35H,10,12,14H2,1-6H3. The highest BCUT2D eigenvalue weighted by atomic mass is 19.2. The molecule has 0 aliphatic heterocycles. The van der Waals surface area contributed by atoms with Gasteiger partial charge in [0.2, 0.25) is 5.82 Å². The monoisotopic (exact) mass is 497 g/mol. The molecule has 0 bridgehead atoms. The van der Waals surface area contributed by atoms with Crippen LogP contribution in [0.15, 0.2) is 36.7 Å². The third kappa shape index (κ3) is 4.85. The number of hydrogen-bond acceptors (Lipinski definition) is 5. The maximum atomic E-state index is 15.0. The van der Waals surface area contributed by atoms with E-state index in [0.29, 0.717) is 29.8 Å². The molecule has 3 aromatic heterocycles. The van der Waals surface area contributed by atoms with Crippen LogP contribution in [-0.2, 0) is 20.0 Å². The SMILES string of the molecule is CNCc1cnn2ccc(-c3ccc(F)c(F)c3OCCc3c(C(O)C(C)(C)C)nn(C)c3C)cc12. The molecule has 192 valence electrons. The Labute approximate surface area is 209 Å². The van der Waals surface area contributed by atoms with E-state index in [1.54, 1.807) is 27.7 Å². The highest BCUT2D eigenvalue weighted by Crippen LogP contribution is 2.37. The highest BCUT2D eigenvalue weighted by molar-refractivity contribution is 5.75. The van der Waals surface area contributed by atoms with Gasteiger partial charge in [0.1, 0.15) is 6.10 Å². The Kier molecular flexibility index (Phi) is 7.15. The van der Waals surface area contributed by atoms with Crippen molar-refractivity contribution in [2.45, 2.75) is 46.8 Å². The summed E-state index contributed by atoms with van der Waals surface area (Å²) < 4.78 is 38.6. The Balaban J connectivity index is 1.65. The average molecular weight is 498 g/mol. The summed E-state index contributed by atoms with van der Waals surface area (Å²) in [6.45, 7) is 8.45. The van der Waals surface area contributed by atoms with Crippen molar-refractivity contribution in [1.82, 2.24) is 24.7 Å². The van der Waals surface area contributed by atoms with Crippen LogP contribution in [0.3, 0.4) is 0 Å². The number of nitrogens with one attached hydrogen (secondary N) is 1. The molecule has 1 unspecified atom stereocenters. The number of aliphatic hydroxyl groups excluding tert-OH is 1. The van der Waals surface area contributed by atoms with Gasteiger partial charge in [-0.05, 0) is 49.2 Å². The molecule has 3 heterocycles. The maximum absolute atomic E-state index is 15.0. The normalized spacial score (nSPS) is 12.9. The molecule has 0 aliphatic rings. The Bertz CT molecular complexity index is 1390. The number of aryl methyl sites for hydroxylation is 1. The molecule has 0 amide bonds. The Morgan fingerprint density at radius 3 is 2.64 bits per heavy atom. The van der Waals surface area contributed by atoms with E-state index in [9.17, 15) is 13.9 Å². The van der Waals surface area contributed by atoms with Gasteiger partial charge >= 0.3 is 0 Å². The lowest BCUT2D eigenvalue weighted by atomic mass is 9.85. The van der Waals surface area contributed by atoms with Crippen molar-refractivity contribution in [3.05, 3.63) is 70.8 Å². The third-order valence-corrected chi connectivity index (χ3v) is 6.50. The van der Waals surface area contributed by atoms with Gasteiger partial charge in [0, 0.05) is 48.6 Å². The molecule has 1 atom stereocenters. The molecular formula is C27H33F2N5O2. The first-order chi connectivity index (χ1) is 17.0. The number of halogens is 2. The zero-order valence-electron chi connectivity index (χ0n) is 21.6. The quantitative estimate of drug-likeness (QED) is 0.368. The molecule has 36 heavy (non-hydrogen) atoms. The van der Waals surface area contributed by atoms with E-state index in [0.717, 1.165) is 28.4 Å². The van der Waals surface area contributed by atoms with Gasteiger partial charge in [0.05, 0.1) is 24.0 Å². The number of nitrogens with zero attached hydrogens (tertiary/aromatic N) is 4. The molecule has 0 saturated carbocycles. The fourth-order valence-corrected chi connectivity index (χ4v) is 4.30. The lowest BCUT2D eigenvalue weighted by Crippen LogP contribution is -2.20. The lowest BCUT2D eigenvalue weighted by molar-refractivity contribution is 0.0575. The first-order valence-electron chi connectivity index (χ1n) is 12.0. The van der Waals surface area contributed by atoms with Crippen LogP contribution in [0.2, 0.25) is 0 Å². The summed E-state index contributed by atoms with van der Waals surface area (Å²) in [5.74, 6) is -2.15.